The second-order valence-electron chi connectivity index (χ2n) is 4.19. The molecule has 3 heteroatoms. The van der Waals surface area contributed by atoms with Crippen molar-refractivity contribution < 1.29 is 4.90 Å². The predicted molar refractivity (Wildman–Crippen MR) is 72.3 cm³/mol. The molecule has 1 heterocycles. The van der Waals surface area contributed by atoms with Crippen molar-refractivity contribution in [2.24, 2.45) is 5.10 Å². The molecule has 3 nitrogen and oxygen atoms in total. The smallest absolute Gasteiger partial charge is 0.101 e. The van der Waals surface area contributed by atoms with Crippen molar-refractivity contribution in [1.82, 2.24) is 0 Å². The van der Waals surface area contributed by atoms with Gasteiger partial charge in [-0.2, -0.15) is 5.10 Å². The minimum absolute atomic E-state index is 1.02. The maximum Gasteiger partial charge on any atom is 0.101 e. The highest BCUT2D eigenvalue weighted by atomic mass is 15.4. The van der Waals surface area contributed by atoms with Crippen molar-refractivity contribution in [1.29, 1.82) is 0 Å². The highest BCUT2D eigenvalue weighted by Crippen LogP contribution is 2.10. The van der Waals surface area contributed by atoms with E-state index in [1.54, 1.807) is 0 Å². The minimum Gasteiger partial charge on any atom is -0.308 e. The van der Waals surface area contributed by atoms with E-state index in [1.807, 2.05) is 48.6 Å². The molecule has 88 valence electrons. The molecule has 1 aromatic carbocycles. The molecule has 0 saturated carbocycles. The first kappa shape index (κ1) is 11.6. The molecule has 1 aromatic rings. The van der Waals surface area contributed by atoms with Gasteiger partial charge in [0.25, 0.3) is 0 Å². The molecular weight excluding hydrogens is 210 g/mol. The summed E-state index contributed by atoms with van der Waals surface area (Å²) < 4.78 is 0. The van der Waals surface area contributed by atoms with E-state index in [-0.39, 0.29) is 0 Å². The fourth-order valence-electron chi connectivity index (χ4n) is 1.61. The van der Waals surface area contributed by atoms with Gasteiger partial charge in [0.1, 0.15) is 6.54 Å². The molecule has 0 amide bonds. The van der Waals surface area contributed by atoms with Crippen LogP contribution in [0.5, 0.6) is 0 Å². The maximum absolute atomic E-state index is 4.42. The van der Waals surface area contributed by atoms with Gasteiger partial charge < -0.3 is 4.90 Å². The van der Waals surface area contributed by atoms with Gasteiger partial charge >= 0.3 is 0 Å². The zero-order valence-corrected chi connectivity index (χ0v) is 10.3. The SMILES string of the molecule is CN(/N=C/C1=CC[NH+](C)C=C1)c1ccccc1. The first-order chi connectivity index (χ1) is 8.25. The summed E-state index contributed by atoms with van der Waals surface area (Å²) >= 11 is 0. The lowest BCUT2D eigenvalue weighted by atomic mass is 10.2. The number of likely N-dealkylation sites (N-methyl/N-ethyl adjacent to an activating group) is 1. The van der Waals surface area contributed by atoms with Crippen LogP contribution in [0.3, 0.4) is 0 Å². The Morgan fingerprint density at radius 3 is 2.71 bits per heavy atom. The van der Waals surface area contributed by atoms with Crippen molar-refractivity contribution >= 4 is 11.9 Å². The topological polar surface area (TPSA) is 20.0 Å². The highest BCUT2D eigenvalue weighted by molar-refractivity contribution is 5.83. The zero-order valence-electron chi connectivity index (χ0n) is 10.3. The largest absolute Gasteiger partial charge is 0.308 e. The number of allylic oxidation sites excluding steroid dienone is 2. The van der Waals surface area contributed by atoms with Crippen LogP contribution in [0.1, 0.15) is 0 Å². The molecule has 0 aromatic heterocycles. The first-order valence-electron chi connectivity index (χ1n) is 5.79. The summed E-state index contributed by atoms with van der Waals surface area (Å²) in [7, 11) is 4.09. The Morgan fingerprint density at radius 1 is 1.29 bits per heavy atom. The number of hydrogen-bond donors (Lipinski definition) is 1. The number of anilines is 1. The maximum atomic E-state index is 4.42. The molecule has 17 heavy (non-hydrogen) atoms. The average Bonchev–Trinajstić information content (AvgIpc) is 2.39. The molecule has 0 aliphatic carbocycles. The third-order valence-corrected chi connectivity index (χ3v) is 2.73. The van der Waals surface area contributed by atoms with Gasteiger partial charge in [-0.1, -0.05) is 18.2 Å². The standard InChI is InChI=1S/C14H17N3/c1-16-10-8-13(9-11-16)12-15-17(2)14-6-4-3-5-7-14/h3-10,12H,11H2,1-2H3/p+1/b15-12+. The van der Waals surface area contributed by atoms with Crippen LogP contribution in [-0.2, 0) is 0 Å². The fraction of sp³-hybridized carbons (Fsp3) is 0.214. The van der Waals surface area contributed by atoms with Gasteiger partial charge in [-0.25, -0.2) is 0 Å². The molecule has 1 aliphatic heterocycles. The summed E-state index contributed by atoms with van der Waals surface area (Å²) in [5.41, 5.74) is 2.25. The molecule has 1 atom stereocenters. The highest BCUT2D eigenvalue weighted by Gasteiger charge is 2.02. The summed E-state index contributed by atoms with van der Waals surface area (Å²) in [5.74, 6) is 0. The van der Waals surface area contributed by atoms with Crippen LogP contribution in [0.4, 0.5) is 5.69 Å². The fourth-order valence-corrected chi connectivity index (χ4v) is 1.61. The average molecular weight is 228 g/mol. The molecule has 0 radical (unpaired) electrons. The third kappa shape index (κ3) is 3.29. The second kappa shape index (κ2) is 5.46. The van der Waals surface area contributed by atoms with Crippen molar-refractivity contribution in [3.05, 3.63) is 54.3 Å². The summed E-state index contributed by atoms with van der Waals surface area (Å²) in [5, 5.41) is 6.30. The van der Waals surface area contributed by atoms with Gasteiger partial charge in [-0.15, -0.1) is 0 Å². The number of nitrogens with one attached hydrogen (secondary N) is 1. The van der Waals surface area contributed by atoms with Crippen LogP contribution in [-0.4, -0.2) is 26.9 Å². The van der Waals surface area contributed by atoms with Gasteiger partial charge in [0.15, 0.2) is 0 Å². The van der Waals surface area contributed by atoms with Crippen molar-refractivity contribution in [3.63, 3.8) is 0 Å². The Kier molecular flexibility index (Phi) is 3.73. The van der Waals surface area contributed by atoms with Crippen LogP contribution < -0.4 is 9.91 Å². The molecule has 1 N–H and O–H groups in total. The van der Waals surface area contributed by atoms with E-state index >= 15 is 0 Å². The van der Waals surface area contributed by atoms with Crippen molar-refractivity contribution in [3.8, 4) is 0 Å². The van der Waals surface area contributed by atoms with Crippen LogP contribution >= 0.6 is 0 Å². The van der Waals surface area contributed by atoms with E-state index in [2.05, 4.69) is 30.5 Å². The van der Waals surface area contributed by atoms with Gasteiger partial charge in [-0.05, 0) is 18.2 Å². The quantitative estimate of drug-likeness (QED) is 0.606. The van der Waals surface area contributed by atoms with E-state index < -0.39 is 0 Å². The van der Waals surface area contributed by atoms with Crippen LogP contribution in [0.25, 0.3) is 0 Å². The number of benzene rings is 1. The van der Waals surface area contributed by atoms with E-state index in [9.17, 15) is 0 Å². The van der Waals surface area contributed by atoms with Crippen LogP contribution in [0.15, 0.2) is 59.4 Å². The molecular formula is C14H18N3+. The molecule has 1 aliphatic rings. The van der Waals surface area contributed by atoms with Gasteiger partial charge in [0.05, 0.1) is 25.1 Å². The van der Waals surface area contributed by atoms with Crippen molar-refractivity contribution in [2.45, 2.75) is 0 Å². The normalized spacial score (nSPS) is 19.4. The van der Waals surface area contributed by atoms with E-state index in [4.69, 9.17) is 0 Å². The molecule has 1 unspecified atom stereocenters. The third-order valence-electron chi connectivity index (χ3n) is 2.73. The summed E-state index contributed by atoms with van der Waals surface area (Å²) in [6.45, 7) is 1.02. The van der Waals surface area contributed by atoms with Crippen LogP contribution in [0.2, 0.25) is 0 Å². The van der Waals surface area contributed by atoms with Gasteiger partial charge in [0.2, 0.25) is 0 Å². The number of nitrogens with zero attached hydrogens (tertiary/aromatic N) is 2. The zero-order chi connectivity index (χ0) is 12.1. The number of hydrogen-bond acceptors (Lipinski definition) is 2. The Balaban J connectivity index is 2.00. The Hall–Kier alpha value is -1.87. The molecule has 2 rings (SSSR count). The molecule has 0 fully saturated rings. The van der Waals surface area contributed by atoms with Gasteiger partial charge in [0, 0.05) is 18.7 Å². The number of para-hydroxylation sites is 1. The predicted octanol–water partition coefficient (Wildman–Crippen LogP) is 1.08. The van der Waals surface area contributed by atoms with Gasteiger partial charge in [-0.3, -0.25) is 5.01 Å². The van der Waals surface area contributed by atoms with E-state index in [0.717, 1.165) is 12.2 Å². The Morgan fingerprint density at radius 2 is 2.06 bits per heavy atom. The lowest BCUT2D eigenvalue weighted by Gasteiger charge is -2.13. The number of rotatable bonds is 3. The monoisotopic (exact) mass is 228 g/mol. The Bertz CT molecular complexity index is 446. The molecule has 0 bridgehead atoms. The lowest BCUT2D eigenvalue weighted by Crippen LogP contribution is -3.04. The summed E-state index contributed by atoms with van der Waals surface area (Å²) in [6.07, 6.45) is 8.33. The lowest BCUT2D eigenvalue weighted by molar-refractivity contribution is -0.818. The first-order valence-corrected chi connectivity index (χ1v) is 5.79. The number of quaternary nitrogens is 1. The minimum atomic E-state index is 1.02. The molecule has 0 saturated heterocycles. The second-order valence-corrected chi connectivity index (χ2v) is 4.19. The van der Waals surface area contributed by atoms with E-state index in [0.29, 0.717) is 0 Å². The number of hydrazone groups is 1. The van der Waals surface area contributed by atoms with E-state index in [1.165, 1.54) is 10.5 Å². The van der Waals surface area contributed by atoms with Crippen LogP contribution in [0, 0.1) is 0 Å². The summed E-state index contributed by atoms with van der Waals surface area (Å²) in [4.78, 5) is 1.39. The summed E-state index contributed by atoms with van der Waals surface area (Å²) in [6, 6.07) is 10.1. The Labute approximate surface area is 102 Å². The van der Waals surface area contributed by atoms with Crippen molar-refractivity contribution in [2.75, 3.05) is 25.6 Å². The molecule has 0 spiro atoms.